The van der Waals surface area contributed by atoms with Crippen LogP contribution in [-0.2, 0) is 16.0 Å². The van der Waals surface area contributed by atoms with Crippen molar-refractivity contribution in [2.45, 2.75) is 33.1 Å². The van der Waals surface area contributed by atoms with Gasteiger partial charge < -0.3 is 15.0 Å². The van der Waals surface area contributed by atoms with Crippen molar-refractivity contribution < 1.29 is 18.3 Å². The average Bonchev–Trinajstić information content (AvgIpc) is 2.64. The highest BCUT2D eigenvalue weighted by molar-refractivity contribution is 14.0. The molecule has 0 aromatic heterocycles. The van der Waals surface area contributed by atoms with Gasteiger partial charge in [-0.1, -0.05) is 12.1 Å². The summed E-state index contributed by atoms with van der Waals surface area (Å²) in [5.74, 6) is -1.29. The monoisotopic (exact) mass is 495 g/mol. The highest BCUT2D eigenvalue weighted by Crippen LogP contribution is 2.18. The van der Waals surface area contributed by atoms with Crippen LogP contribution < -0.4 is 5.32 Å². The number of aliphatic imine (C=N–C) groups is 1. The van der Waals surface area contributed by atoms with E-state index in [1.54, 1.807) is 13.0 Å². The van der Waals surface area contributed by atoms with E-state index in [0.29, 0.717) is 44.2 Å². The third-order valence-corrected chi connectivity index (χ3v) is 4.35. The normalized spacial score (nSPS) is 17.3. The first kappa shape index (κ1) is 23.6. The molecule has 27 heavy (non-hydrogen) atoms. The van der Waals surface area contributed by atoms with E-state index < -0.39 is 11.6 Å². The highest BCUT2D eigenvalue weighted by atomic mass is 127. The van der Waals surface area contributed by atoms with E-state index in [9.17, 15) is 13.6 Å². The van der Waals surface area contributed by atoms with E-state index in [1.807, 2.05) is 11.8 Å². The number of esters is 1. The predicted octanol–water partition coefficient (Wildman–Crippen LogP) is 3.37. The summed E-state index contributed by atoms with van der Waals surface area (Å²) < 4.78 is 32.2. The molecule has 0 saturated carbocycles. The van der Waals surface area contributed by atoms with Crippen LogP contribution in [-0.4, -0.2) is 49.6 Å². The van der Waals surface area contributed by atoms with Crippen molar-refractivity contribution in [3.05, 3.63) is 35.4 Å². The molecule has 1 heterocycles. The second kappa shape index (κ2) is 12.1. The summed E-state index contributed by atoms with van der Waals surface area (Å²) in [5, 5.41) is 3.21. The fourth-order valence-corrected chi connectivity index (χ4v) is 3.07. The van der Waals surface area contributed by atoms with Gasteiger partial charge in [0.15, 0.2) is 17.6 Å². The van der Waals surface area contributed by atoms with Gasteiger partial charge in [0.1, 0.15) is 0 Å². The number of piperidine rings is 1. The van der Waals surface area contributed by atoms with Crippen molar-refractivity contribution >= 4 is 35.9 Å². The number of ether oxygens (including phenoxy) is 1. The lowest BCUT2D eigenvalue weighted by Gasteiger charge is -2.34. The Kier molecular flexibility index (Phi) is 10.6. The molecule has 5 nitrogen and oxygen atoms in total. The molecule has 152 valence electrons. The number of benzene rings is 1. The second-order valence-corrected chi connectivity index (χ2v) is 6.24. The fourth-order valence-electron chi connectivity index (χ4n) is 3.07. The van der Waals surface area contributed by atoms with Crippen LogP contribution in [0.3, 0.4) is 0 Å². The lowest BCUT2D eigenvalue weighted by molar-refractivity contribution is -0.149. The smallest absolute Gasteiger partial charge is 0.310 e. The lowest BCUT2D eigenvalue weighted by Crippen LogP contribution is -2.48. The number of nitrogens with one attached hydrogen (secondary N) is 1. The first-order chi connectivity index (χ1) is 12.6. The van der Waals surface area contributed by atoms with Crippen LogP contribution in [0.25, 0.3) is 0 Å². The molecule has 1 aromatic carbocycles. The number of hydrogen-bond acceptors (Lipinski definition) is 3. The van der Waals surface area contributed by atoms with Gasteiger partial charge in [-0.25, -0.2) is 8.78 Å². The fraction of sp³-hybridized carbons (Fsp3) is 0.579. The number of hydrogen-bond donors (Lipinski definition) is 1. The number of halogens is 3. The van der Waals surface area contributed by atoms with Gasteiger partial charge in [-0.15, -0.1) is 24.0 Å². The molecule has 1 N–H and O–H groups in total. The lowest BCUT2D eigenvalue weighted by atomic mass is 9.98. The minimum Gasteiger partial charge on any atom is -0.466 e. The molecule has 0 radical (unpaired) electrons. The number of rotatable bonds is 6. The molecular weight excluding hydrogens is 467 g/mol. The third-order valence-electron chi connectivity index (χ3n) is 4.35. The van der Waals surface area contributed by atoms with Crippen molar-refractivity contribution in [2.75, 3.05) is 32.8 Å². The van der Waals surface area contributed by atoms with E-state index in [4.69, 9.17) is 4.74 Å². The zero-order valence-corrected chi connectivity index (χ0v) is 18.2. The standard InChI is InChI=1S/C19H27F2N3O2.HI/c1-3-22-19(23-11-10-14-7-5-9-16(20)17(14)21)24-12-6-8-15(13-24)18(25)26-4-2;/h5,7,9,15H,3-4,6,8,10-13H2,1-2H3,(H,22,23);1H/t15-;/m0./s1. The number of guanidine groups is 1. The van der Waals surface area contributed by atoms with Crippen molar-refractivity contribution in [3.63, 3.8) is 0 Å². The van der Waals surface area contributed by atoms with Crippen LogP contribution in [0.1, 0.15) is 32.3 Å². The largest absolute Gasteiger partial charge is 0.466 e. The predicted molar refractivity (Wildman–Crippen MR) is 112 cm³/mol. The molecule has 0 unspecified atom stereocenters. The van der Waals surface area contributed by atoms with Crippen molar-refractivity contribution in [3.8, 4) is 0 Å². The molecule has 0 spiro atoms. The molecular formula is C19H28F2IN3O2. The Balaban J connectivity index is 0.00000364. The Bertz CT molecular complexity index is 643. The number of carbonyl (C=O) groups is 1. The molecule has 1 aliphatic heterocycles. The maximum atomic E-state index is 13.7. The van der Waals surface area contributed by atoms with Crippen LogP contribution in [0.15, 0.2) is 23.2 Å². The second-order valence-electron chi connectivity index (χ2n) is 6.24. The third kappa shape index (κ3) is 6.90. The van der Waals surface area contributed by atoms with Crippen LogP contribution in [0.2, 0.25) is 0 Å². The van der Waals surface area contributed by atoms with Crippen LogP contribution >= 0.6 is 24.0 Å². The van der Waals surface area contributed by atoms with Gasteiger partial charge in [-0.3, -0.25) is 9.79 Å². The maximum absolute atomic E-state index is 13.7. The summed E-state index contributed by atoms with van der Waals surface area (Å²) in [5.41, 5.74) is 0.313. The quantitative estimate of drug-likeness (QED) is 0.285. The Labute approximate surface area is 176 Å². The molecule has 2 rings (SSSR count). The average molecular weight is 495 g/mol. The number of carbonyl (C=O) groups excluding carboxylic acids is 1. The minimum atomic E-state index is -0.841. The van der Waals surface area contributed by atoms with Crippen LogP contribution in [0.5, 0.6) is 0 Å². The summed E-state index contributed by atoms with van der Waals surface area (Å²) >= 11 is 0. The van der Waals surface area contributed by atoms with Crippen LogP contribution in [0, 0.1) is 17.6 Å². The van der Waals surface area contributed by atoms with E-state index in [-0.39, 0.29) is 35.9 Å². The summed E-state index contributed by atoms with van der Waals surface area (Å²) in [6, 6.07) is 4.17. The van der Waals surface area contributed by atoms with E-state index in [1.165, 1.54) is 6.07 Å². The van der Waals surface area contributed by atoms with E-state index in [0.717, 1.165) is 25.5 Å². The summed E-state index contributed by atoms with van der Waals surface area (Å²) in [6.45, 7) is 6.53. The summed E-state index contributed by atoms with van der Waals surface area (Å²) in [6.07, 6.45) is 2.00. The van der Waals surface area contributed by atoms with Crippen molar-refractivity contribution in [1.29, 1.82) is 0 Å². The van der Waals surface area contributed by atoms with Gasteiger partial charge in [-0.2, -0.15) is 0 Å². The Hall–Kier alpha value is -1.45. The zero-order chi connectivity index (χ0) is 18.9. The Morgan fingerprint density at radius 3 is 2.85 bits per heavy atom. The molecule has 0 amide bonds. The number of likely N-dealkylation sites (tertiary alicyclic amines) is 1. The van der Waals surface area contributed by atoms with Crippen molar-refractivity contribution in [1.82, 2.24) is 10.2 Å². The number of nitrogens with zero attached hydrogens (tertiary/aromatic N) is 2. The minimum absolute atomic E-state index is 0. The molecule has 1 atom stereocenters. The van der Waals surface area contributed by atoms with E-state index in [2.05, 4.69) is 10.3 Å². The van der Waals surface area contributed by atoms with Gasteiger partial charge in [0.2, 0.25) is 0 Å². The topological polar surface area (TPSA) is 53.9 Å². The summed E-state index contributed by atoms with van der Waals surface area (Å²) in [4.78, 5) is 18.6. The molecule has 8 heteroatoms. The van der Waals surface area contributed by atoms with Crippen molar-refractivity contribution in [2.24, 2.45) is 10.9 Å². The molecule has 1 aromatic rings. The molecule has 1 fully saturated rings. The van der Waals surface area contributed by atoms with Crippen LogP contribution in [0.4, 0.5) is 8.78 Å². The van der Waals surface area contributed by atoms with Gasteiger partial charge in [0.25, 0.3) is 0 Å². The van der Waals surface area contributed by atoms with Gasteiger partial charge >= 0.3 is 5.97 Å². The first-order valence-corrected chi connectivity index (χ1v) is 9.19. The SMILES string of the molecule is CCNC(=NCCc1cccc(F)c1F)N1CCC[C@H](C(=O)OCC)C1.I. The molecule has 0 bridgehead atoms. The Morgan fingerprint density at radius 1 is 1.37 bits per heavy atom. The van der Waals surface area contributed by atoms with Gasteiger partial charge in [-0.05, 0) is 44.7 Å². The molecule has 1 saturated heterocycles. The first-order valence-electron chi connectivity index (χ1n) is 9.19. The zero-order valence-electron chi connectivity index (χ0n) is 15.8. The Morgan fingerprint density at radius 2 is 2.15 bits per heavy atom. The van der Waals surface area contributed by atoms with E-state index >= 15 is 0 Å². The van der Waals surface area contributed by atoms with Gasteiger partial charge in [0, 0.05) is 26.2 Å². The summed E-state index contributed by atoms with van der Waals surface area (Å²) in [7, 11) is 0. The molecule has 0 aliphatic carbocycles. The highest BCUT2D eigenvalue weighted by Gasteiger charge is 2.28. The molecule has 1 aliphatic rings. The van der Waals surface area contributed by atoms with Gasteiger partial charge in [0.05, 0.1) is 12.5 Å². The maximum Gasteiger partial charge on any atom is 0.310 e.